The highest BCUT2D eigenvalue weighted by molar-refractivity contribution is 5.90. The number of pyridine rings is 1. The first-order valence-corrected chi connectivity index (χ1v) is 5.22. The lowest BCUT2D eigenvalue weighted by Crippen LogP contribution is -1.96. The highest BCUT2D eigenvalue weighted by Crippen LogP contribution is 2.29. The van der Waals surface area contributed by atoms with Crippen molar-refractivity contribution in [3.63, 3.8) is 0 Å². The summed E-state index contributed by atoms with van der Waals surface area (Å²) in [4.78, 5) is 4.48. The molecule has 0 aliphatic carbocycles. The highest BCUT2D eigenvalue weighted by Gasteiger charge is 2.10. The number of aromatic nitrogens is 1. The lowest BCUT2D eigenvalue weighted by Gasteiger charge is -2.11. The van der Waals surface area contributed by atoms with E-state index < -0.39 is 0 Å². The average Bonchev–Trinajstić information content (AvgIpc) is 2.27. The van der Waals surface area contributed by atoms with E-state index in [0.717, 1.165) is 33.5 Å². The topological polar surface area (TPSA) is 42.4 Å². The Kier molecular flexibility index (Phi) is 2.79. The van der Waals surface area contributed by atoms with Gasteiger partial charge in [-0.05, 0) is 37.1 Å². The second-order valence-corrected chi connectivity index (χ2v) is 3.89. The van der Waals surface area contributed by atoms with Crippen LogP contribution in [-0.2, 0) is 6.61 Å². The van der Waals surface area contributed by atoms with Crippen molar-refractivity contribution in [2.45, 2.75) is 20.5 Å². The highest BCUT2D eigenvalue weighted by atomic mass is 16.5. The van der Waals surface area contributed by atoms with Crippen molar-refractivity contribution in [1.82, 2.24) is 4.98 Å². The number of rotatable bonds is 2. The third-order valence-corrected chi connectivity index (χ3v) is 2.73. The van der Waals surface area contributed by atoms with Gasteiger partial charge in [-0.25, -0.2) is 4.98 Å². The van der Waals surface area contributed by atoms with Crippen LogP contribution < -0.4 is 4.74 Å². The first-order chi connectivity index (χ1) is 7.67. The monoisotopic (exact) mass is 217 g/mol. The predicted octanol–water partition coefficient (Wildman–Crippen LogP) is 2.35. The van der Waals surface area contributed by atoms with Gasteiger partial charge in [0.05, 0.1) is 13.7 Å². The molecule has 0 radical (unpaired) electrons. The molecule has 2 rings (SSSR count). The summed E-state index contributed by atoms with van der Waals surface area (Å²) in [6, 6.07) is 5.74. The third kappa shape index (κ3) is 1.63. The van der Waals surface area contributed by atoms with Gasteiger partial charge in [-0.15, -0.1) is 0 Å². The number of nitrogens with zero attached hydrogens (tertiary/aromatic N) is 1. The molecule has 84 valence electrons. The average molecular weight is 217 g/mol. The van der Waals surface area contributed by atoms with Crippen LogP contribution in [0.1, 0.15) is 16.8 Å². The van der Waals surface area contributed by atoms with Crippen molar-refractivity contribution in [3.8, 4) is 5.75 Å². The number of hydrogen-bond acceptors (Lipinski definition) is 3. The van der Waals surface area contributed by atoms with Crippen LogP contribution in [0.5, 0.6) is 5.75 Å². The number of ether oxygens (including phenoxy) is 1. The van der Waals surface area contributed by atoms with E-state index in [1.807, 2.05) is 32.0 Å². The van der Waals surface area contributed by atoms with Gasteiger partial charge in [0.25, 0.3) is 0 Å². The second kappa shape index (κ2) is 4.10. The van der Waals surface area contributed by atoms with E-state index in [-0.39, 0.29) is 6.61 Å². The fraction of sp³-hybridized carbons (Fsp3) is 0.308. The number of aliphatic hydroxyl groups excluding tert-OH is 1. The Hall–Kier alpha value is -1.61. The molecule has 0 spiro atoms. The van der Waals surface area contributed by atoms with Crippen LogP contribution in [0.4, 0.5) is 0 Å². The summed E-state index contributed by atoms with van der Waals surface area (Å²) >= 11 is 0. The van der Waals surface area contributed by atoms with Gasteiger partial charge in [-0.2, -0.15) is 0 Å². The minimum Gasteiger partial charge on any atom is -0.494 e. The molecule has 2 aromatic rings. The van der Waals surface area contributed by atoms with Crippen molar-refractivity contribution >= 4 is 10.9 Å². The van der Waals surface area contributed by atoms with Gasteiger partial charge in [0.2, 0.25) is 0 Å². The molecule has 1 N–H and O–H groups in total. The SMILES string of the molecule is COc1ccc(CO)c2c(C)cc(C)nc12. The van der Waals surface area contributed by atoms with Gasteiger partial charge in [0.15, 0.2) is 0 Å². The molecule has 0 aliphatic rings. The molecule has 1 aromatic carbocycles. The zero-order chi connectivity index (χ0) is 11.7. The first-order valence-electron chi connectivity index (χ1n) is 5.22. The van der Waals surface area contributed by atoms with E-state index in [4.69, 9.17) is 4.74 Å². The summed E-state index contributed by atoms with van der Waals surface area (Å²) in [5.41, 5.74) is 3.79. The zero-order valence-corrected chi connectivity index (χ0v) is 9.74. The number of benzene rings is 1. The van der Waals surface area contributed by atoms with Crippen LogP contribution >= 0.6 is 0 Å². The van der Waals surface area contributed by atoms with E-state index in [9.17, 15) is 5.11 Å². The lowest BCUT2D eigenvalue weighted by molar-refractivity contribution is 0.283. The normalized spacial score (nSPS) is 10.8. The molecule has 16 heavy (non-hydrogen) atoms. The van der Waals surface area contributed by atoms with Crippen LogP contribution in [0.2, 0.25) is 0 Å². The molecule has 1 aromatic heterocycles. The van der Waals surface area contributed by atoms with E-state index in [1.165, 1.54) is 0 Å². The summed E-state index contributed by atoms with van der Waals surface area (Å²) < 4.78 is 5.29. The van der Waals surface area contributed by atoms with Crippen molar-refractivity contribution in [2.75, 3.05) is 7.11 Å². The fourth-order valence-corrected chi connectivity index (χ4v) is 2.06. The van der Waals surface area contributed by atoms with Crippen molar-refractivity contribution in [1.29, 1.82) is 0 Å². The summed E-state index contributed by atoms with van der Waals surface area (Å²) in [5, 5.41) is 10.3. The number of methoxy groups -OCH3 is 1. The van der Waals surface area contributed by atoms with E-state index in [0.29, 0.717) is 0 Å². The Morgan fingerprint density at radius 3 is 2.69 bits per heavy atom. The van der Waals surface area contributed by atoms with Crippen molar-refractivity contribution in [2.24, 2.45) is 0 Å². The van der Waals surface area contributed by atoms with Gasteiger partial charge < -0.3 is 9.84 Å². The molecule has 1 heterocycles. The standard InChI is InChI=1S/C13H15NO2/c1-8-6-9(2)14-13-11(16-3)5-4-10(7-15)12(8)13/h4-6,15H,7H2,1-3H3. The molecule has 3 heteroatoms. The summed E-state index contributed by atoms with van der Waals surface area (Å²) in [7, 11) is 1.63. The molecular formula is C13H15NO2. The van der Waals surface area contributed by atoms with Crippen LogP contribution in [0.3, 0.4) is 0 Å². The first kappa shape index (κ1) is 10.9. The zero-order valence-electron chi connectivity index (χ0n) is 9.74. The Balaban J connectivity index is 2.90. The minimum atomic E-state index is 0.0199. The molecule has 0 amide bonds. The van der Waals surface area contributed by atoms with Gasteiger partial charge >= 0.3 is 0 Å². The summed E-state index contributed by atoms with van der Waals surface area (Å²) in [6.07, 6.45) is 0. The predicted molar refractivity (Wildman–Crippen MR) is 63.7 cm³/mol. The van der Waals surface area contributed by atoms with Gasteiger partial charge in [0.1, 0.15) is 11.3 Å². The lowest BCUT2D eigenvalue weighted by atomic mass is 10.0. The van der Waals surface area contributed by atoms with E-state index in [2.05, 4.69) is 4.98 Å². The van der Waals surface area contributed by atoms with E-state index >= 15 is 0 Å². The second-order valence-electron chi connectivity index (χ2n) is 3.89. The number of hydrogen-bond donors (Lipinski definition) is 1. The largest absolute Gasteiger partial charge is 0.494 e. The van der Waals surface area contributed by atoms with Gasteiger partial charge in [-0.3, -0.25) is 0 Å². The number of aliphatic hydroxyl groups is 1. The Labute approximate surface area is 94.7 Å². The molecule has 3 nitrogen and oxygen atoms in total. The molecule has 0 aliphatic heterocycles. The van der Waals surface area contributed by atoms with Crippen LogP contribution in [0, 0.1) is 13.8 Å². The summed E-state index contributed by atoms with van der Waals surface area (Å²) in [5.74, 6) is 0.749. The Morgan fingerprint density at radius 2 is 2.06 bits per heavy atom. The molecule has 0 bridgehead atoms. The maximum atomic E-state index is 9.32. The smallest absolute Gasteiger partial charge is 0.145 e. The summed E-state index contributed by atoms with van der Waals surface area (Å²) in [6.45, 7) is 4.00. The molecule has 0 saturated carbocycles. The Morgan fingerprint density at radius 1 is 1.31 bits per heavy atom. The number of aryl methyl sites for hydroxylation is 2. The maximum Gasteiger partial charge on any atom is 0.145 e. The Bertz CT molecular complexity index is 535. The van der Waals surface area contributed by atoms with Crippen LogP contribution in [0.15, 0.2) is 18.2 Å². The molecule has 0 unspecified atom stereocenters. The van der Waals surface area contributed by atoms with Gasteiger partial charge in [0, 0.05) is 11.1 Å². The molecular weight excluding hydrogens is 202 g/mol. The number of fused-ring (bicyclic) bond motifs is 1. The molecule has 0 atom stereocenters. The molecule has 0 saturated heterocycles. The molecule has 0 fully saturated rings. The van der Waals surface area contributed by atoms with Crippen molar-refractivity contribution < 1.29 is 9.84 Å². The van der Waals surface area contributed by atoms with Crippen LogP contribution in [-0.4, -0.2) is 17.2 Å². The quantitative estimate of drug-likeness (QED) is 0.839. The van der Waals surface area contributed by atoms with Crippen molar-refractivity contribution in [3.05, 3.63) is 35.0 Å². The third-order valence-electron chi connectivity index (χ3n) is 2.73. The van der Waals surface area contributed by atoms with Crippen LogP contribution in [0.25, 0.3) is 10.9 Å². The van der Waals surface area contributed by atoms with E-state index in [1.54, 1.807) is 7.11 Å². The fourth-order valence-electron chi connectivity index (χ4n) is 2.06. The van der Waals surface area contributed by atoms with Gasteiger partial charge in [-0.1, -0.05) is 6.07 Å². The minimum absolute atomic E-state index is 0.0199. The maximum absolute atomic E-state index is 9.32.